The molecule has 2 aliphatic carbocycles. The van der Waals surface area contributed by atoms with E-state index in [2.05, 4.69) is 20.6 Å². The first-order valence-corrected chi connectivity index (χ1v) is 9.08. The molecule has 3 atom stereocenters. The number of nitrogens with zero attached hydrogens (tertiary/aromatic N) is 2. The van der Waals surface area contributed by atoms with Gasteiger partial charge in [0.15, 0.2) is 5.96 Å². The van der Waals surface area contributed by atoms with Crippen molar-refractivity contribution in [2.45, 2.75) is 57.5 Å². The van der Waals surface area contributed by atoms with Gasteiger partial charge < -0.3 is 10.6 Å². The summed E-state index contributed by atoms with van der Waals surface area (Å²) in [5.41, 5.74) is 0. The molecule has 1 aromatic rings. The molecular formula is C16H27IN4S. The molecular weight excluding hydrogens is 407 g/mol. The number of rotatable bonds is 3. The van der Waals surface area contributed by atoms with Gasteiger partial charge in [0.2, 0.25) is 0 Å². The van der Waals surface area contributed by atoms with Gasteiger partial charge in [0.25, 0.3) is 0 Å². The topological polar surface area (TPSA) is 49.3 Å². The standard InChI is InChI=1S/C16H26N4S.HI/c1-17-16(19-11-15-18-8-9-21-15)20-14-7-6-12-4-2-3-5-13(12)10-14;/h8-9,12-14H,2-7,10-11H2,1H3,(H2,17,19,20);1H. The van der Waals surface area contributed by atoms with Crippen molar-refractivity contribution in [3.8, 4) is 0 Å². The van der Waals surface area contributed by atoms with E-state index in [1.165, 1.54) is 44.9 Å². The van der Waals surface area contributed by atoms with Crippen LogP contribution in [0.15, 0.2) is 16.6 Å². The first kappa shape index (κ1) is 18.0. The fourth-order valence-corrected chi connectivity index (χ4v) is 4.45. The molecule has 3 unspecified atom stereocenters. The summed E-state index contributed by atoms with van der Waals surface area (Å²) in [4.78, 5) is 8.65. The molecule has 2 saturated carbocycles. The Hall–Kier alpha value is -0.370. The van der Waals surface area contributed by atoms with Gasteiger partial charge in [-0.15, -0.1) is 35.3 Å². The largest absolute Gasteiger partial charge is 0.354 e. The quantitative estimate of drug-likeness (QED) is 0.433. The first-order chi connectivity index (χ1) is 10.3. The first-order valence-electron chi connectivity index (χ1n) is 8.20. The van der Waals surface area contributed by atoms with E-state index < -0.39 is 0 Å². The van der Waals surface area contributed by atoms with Crippen LogP contribution < -0.4 is 10.6 Å². The second-order valence-corrected chi connectivity index (χ2v) is 7.29. The molecule has 2 N–H and O–H groups in total. The zero-order valence-electron chi connectivity index (χ0n) is 13.3. The predicted molar refractivity (Wildman–Crippen MR) is 104 cm³/mol. The zero-order chi connectivity index (χ0) is 14.5. The Kier molecular flexibility index (Phi) is 7.40. The molecule has 0 amide bonds. The van der Waals surface area contributed by atoms with Crippen LogP contribution in [0.1, 0.15) is 50.0 Å². The second-order valence-electron chi connectivity index (χ2n) is 6.31. The minimum absolute atomic E-state index is 0. The third-order valence-electron chi connectivity index (χ3n) is 4.99. The minimum atomic E-state index is 0. The Morgan fingerprint density at radius 3 is 2.82 bits per heavy atom. The molecule has 0 spiro atoms. The second kappa shape index (κ2) is 9.05. The van der Waals surface area contributed by atoms with E-state index >= 15 is 0 Å². The van der Waals surface area contributed by atoms with Crippen molar-refractivity contribution >= 4 is 41.3 Å². The number of hydrogen-bond donors (Lipinski definition) is 2. The molecule has 1 heterocycles. The average molecular weight is 434 g/mol. The number of aromatic nitrogens is 1. The summed E-state index contributed by atoms with van der Waals surface area (Å²) in [5.74, 6) is 2.87. The lowest BCUT2D eigenvalue weighted by Gasteiger charge is -2.39. The van der Waals surface area contributed by atoms with Crippen LogP contribution in [0, 0.1) is 11.8 Å². The third-order valence-corrected chi connectivity index (χ3v) is 5.77. The fourth-order valence-electron chi connectivity index (χ4n) is 3.89. The van der Waals surface area contributed by atoms with E-state index in [1.807, 2.05) is 18.6 Å². The van der Waals surface area contributed by atoms with Crippen LogP contribution in [-0.4, -0.2) is 24.0 Å². The summed E-state index contributed by atoms with van der Waals surface area (Å²) in [6.07, 6.45) is 11.7. The number of guanidine groups is 1. The summed E-state index contributed by atoms with van der Waals surface area (Å²) < 4.78 is 0. The van der Waals surface area contributed by atoms with Crippen LogP contribution in [0.5, 0.6) is 0 Å². The number of thiazole rings is 1. The molecule has 4 nitrogen and oxygen atoms in total. The normalized spacial score (nSPS) is 28.4. The molecule has 3 rings (SSSR count). The fraction of sp³-hybridized carbons (Fsp3) is 0.750. The third kappa shape index (κ3) is 4.81. The molecule has 6 heteroatoms. The van der Waals surface area contributed by atoms with E-state index in [0.29, 0.717) is 6.04 Å². The van der Waals surface area contributed by atoms with Crippen LogP contribution >= 0.6 is 35.3 Å². The van der Waals surface area contributed by atoms with Gasteiger partial charge >= 0.3 is 0 Å². The number of nitrogens with one attached hydrogen (secondary N) is 2. The van der Waals surface area contributed by atoms with Gasteiger partial charge in [-0.2, -0.15) is 0 Å². The maximum Gasteiger partial charge on any atom is 0.191 e. The van der Waals surface area contributed by atoms with Gasteiger partial charge in [-0.25, -0.2) is 4.98 Å². The number of aliphatic imine (C=N–C) groups is 1. The Balaban J connectivity index is 0.00000176. The summed E-state index contributed by atoms with van der Waals surface area (Å²) in [6.45, 7) is 0.760. The van der Waals surface area contributed by atoms with Gasteiger partial charge in [-0.1, -0.05) is 25.7 Å². The lowest BCUT2D eigenvalue weighted by atomic mass is 9.69. The van der Waals surface area contributed by atoms with E-state index in [4.69, 9.17) is 0 Å². The summed E-state index contributed by atoms with van der Waals surface area (Å²) >= 11 is 1.68. The van der Waals surface area contributed by atoms with Gasteiger partial charge in [0.1, 0.15) is 5.01 Å². The predicted octanol–water partition coefficient (Wildman–Crippen LogP) is 3.79. The molecule has 0 aromatic carbocycles. The van der Waals surface area contributed by atoms with Gasteiger partial charge in [0, 0.05) is 24.7 Å². The molecule has 1 aromatic heterocycles. The smallest absolute Gasteiger partial charge is 0.191 e. The van der Waals surface area contributed by atoms with Crippen LogP contribution in [0.3, 0.4) is 0 Å². The molecule has 2 aliphatic rings. The van der Waals surface area contributed by atoms with Gasteiger partial charge in [0.05, 0.1) is 6.54 Å². The zero-order valence-corrected chi connectivity index (χ0v) is 16.4. The van der Waals surface area contributed by atoms with Crippen molar-refractivity contribution in [3.05, 3.63) is 16.6 Å². The van der Waals surface area contributed by atoms with Crippen LogP contribution in [0.25, 0.3) is 0 Å². The van der Waals surface area contributed by atoms with E-state index in [1.54, 1.807) is 11.3 Å². The lowest BCUT2D eigenvalue weighted by molar-refractivity contribution is 0.150. The van der Waals surface area contributed by atoms with E-state index in [0.717, 1.165) is 29.3 Å². The maximum absolute atomic E-state index is 4.36. The highest BCUT2D eigenvalue weighted by Crippen LogP contribution is 2.40. The molecule has 22 heavy (non-hydrogen) atoms. The van der Waals surface area contributed by atoms with Crippen molar-refractivity contribution in [1.29, 1.82) is 0 Å². The van der Waals surface area contributed by atoms with Gasteiger partial charge in [-0.05, 0) is 31.1 Å². The van der Waals surface area contributed by atoms with E-state index in [-0.39, 0.29) is 24.0 Å². The van der Waals surface area contributed by atoms with Crippen molar-refractivity contribution in [3.63, 3.8) is 0 Å². The SMILES string of the molecule is CN=C(NCc1nccs1)NC1CCC2CCCCC2C1.I. The van der Waals surface area contributed by atoms with Crippen molar-refractivity contribution in [2.24, 2.45) is 16.8 Å². The summed E-state index contributed by atoms with van der Waals surface area (Å²) in [5, 5.41) is 10.1. The average Bonchev–Trinajstić information content (AvgIpc) is 3.04. The molecule has 0 radical (unpaired) electrons. The van der Waals surface area contributed by atoms with Crippen LogP contribution in [0.2, 0.25) is 0 Å². The maximum atomic E-state index is 4.36. The molecule has 0 saturated heterocycles. The number of hydrogen-bond acceptors (Lipinski definition) is 3. The molecule has 2 fully saturated rings. The summed E-state index contributed by atoms with van der Waals surface area (Å²) in [7, 11) is 1.85. The Labute approximate surface area is 154 Å². The van der Waals surface area contributed by atoms with Gasteiger partial charge in [-0.3, -0.25) is 4.99 Å². The van der Waals surface area contributed by atoms with Crippen molar-refractivity contribution in [2.75, 3.05) is 7.05 Å². The van der Waals surface area contributed by atoms with Crippen LogP contribution in [0.4, 0.5) is 0 Å². The molecule has 124 valence electrons. The monoisotopic (exact) mass is 434 g/mol. The molecule has 0 aliphatic heterocycles. The lowest BCUT2D eigenvalue weighted by Crippen LogP contribution is -2.46. The van der Waals surface area contributed by atoms with Crippen molar-refractivity contribution in [1.82, 2.24) is 15.6 Å². The summed E-state index contributed by atoms with van der Waals surface area (Å²) in [6, 6.07) is 0.590. The highest BCUT2D eigenvalue weighted by molar-refractivity contribution is 14.0. The highest BCUT2D eigenvalue weighted by Gasteiger charge is 2.32. The Bertz CT molecular complexity index is 463. The number of halogens is 1. The Morgan fingerprint density at radius 2 is 2.09 bits per heavy atom. The molecule has 0 bridgehead atoms. The Morgan fingerprint density at radius 1 is 1.27 bits per heavy atom. The van der Waals surface area contributed by atoms with E-state index in [9.17, 15) is 0 Å². The van der Waals surface area contributed by atoms with Crippen molar-refractivity contribution < 1.29 is 0 Å². The number of fused-ring (bicyclic) bond motifs is 1. The van der Waals surface area contributed by atoms with Crippen LogP contribution in [-0.2, 0) is 6.54 Å². The highest BCUT2D eigenvalue weighted by atomic mass is 127. The minimum Gasteiger partial charge on any atom is -0.354 e.